The minimum Gasteiger partial charge on any atom is -0.304 e. The summed E-state index contributed by atoms with van der Waals surface area (Å²) in [5, 5.41) is 0.778. The van der Waals surface area contributed by atoms with Crippen molar-refractivity contribution in [3.63, 3.8) is 0 Å². The number of aromatic nitrogens is 1. The van der Waals surface area contributed by atoms with Gasteiger partial charge in [0.05, 0.1) is 12.1 Å². The number of hydrogen-bond acceptors (Lipinski definition) is 1. The fourth-order valence-corrected chi connectivity index (χ4v) is 2.81. The van der Waals surface area contributed by atoms with Gasteiger partial charge in [-0.25, -0.2) is 4.39 Å². The minimum atomic E-state index is -0.287. The van der Waals surface area contributed by atoms with Crippen LogP contribution < -0.4 is 5.56 Å². The highest BCUT2D eigenvalue weighted by molar-refractivity contribution is 14.1. The van der Waals surface area contributed by atoms with E-state index in [9.17, 15) is 9.18 Å². The van der Waals surface area contributed by atoms with Gasteiger partial charge in [-0.1, -0.05) is 12.1 Å². The van der Waals surface area contributed by atoms with Gasteiger partial charge in [-0.05, 0) is 71.0 Å². The second kappa shape index (κ2) is 5.60. The number of hydrogen-bond donors (Lipinski definition) is 0. The molecule has 106 valence electrons. The van der Waals surface area contributed by atoms with Crippen LogP contribution in [-0.4, -0.2) is 4.57 Å². The Balaban J connectivity index is 2.17. The third kappa shape index (κ3) is 2.85. The molecule has 0 bridgehead atoms. The summed E-state index contributed by atoms with van der Waals surface area (Å²) < 4.78 is 16.3. The lowest BCUT2D eigenvalue weighted by molar-refractivity contribution is 0.629. The first-order valence-corrected chi connectivity index (χ1v) is 7.66. The molecular weight excluding hydrogens is 380 g/mol. The van der Waals surface area contributed by atoms with Gasteiger partial charge in [0.1, 0.15) is 5.82 Å². The smallest absolute Gasteiger partial charge is 0.251 e. The number of nitrogens with zero attached hydrogens (tertiary/aromatic N) is 1. The molecule has 0 aliphatic heterocycles. The zero-order valence-corrected chi connectivity index (χ0v) is 13.6. The van der Waals surface area contributed by atoms with Crippen molar-refractivity contribution in [2.24, 2.45) is 0 Å². The molecule has 3 aromatic rings. The van der Waals surface area contributed by atoms with E-state index in [1.54, 1.807) is 16.7 Å². The maximum Gasteiger partial charge on any atom is 0.251 e. The molecule has 0 fully saturated rings. The fraction of sp³-hybridized carbons (Fsp3) is 0.118. The summed E-state index contributed by atoms with van der Waals surface area (Å²) >= 11 is 2.25. The molecule has 0 radical (unpaired) electrons. The Kier molecular flexibility index (Phi) is 3.80. The molecule has 0 saturated heterocycles. The average Bonchev–Trinajstić information content (AvgIpc) is 2.46. The predicted octanol–water partition coefficient (Wildman–Crippen LogP) is 4.10. The van der Waals surface area contributed by atoms with Crippen molar-refractivity contribution in [2.45, 2.75) is 13.5 Å². The number of fused-ring (bicyclic) bond motifs is 1. The molecule has 1 heterocycles. The highest BCUT2D eigenvalue weighted by Crippen LogP contribution is 2.19. The van der Waals surface area contributed by atoms with Crippen molar-refractivity contribution in [1.82, 2.24) is 4.57 Å². The summed E-state index contributed by atoms with van der Waals surface area (Å²) in [5.41, 5.74) is 2.55. The van der Waals surface area contributed by atoms with E-state index < -0.39 is 0 Å². The first-order chi connectivity index (χ1) is 10.0. The van der Waals surface area contributed by atoms with Gasteiger partial charge in [-0.15, -0.1) is 0 Å². The molecule has 2 aromatic carbocycles. The van der Waals surface area contributed by atoms with E-state index in [1.807, 2.05) is 31.2 Å². The van der Waals surface area contributed by atoms with E-state index in [2.05, 4.69) is 22.6 Å². The molecule has 0 unspecified atom stereocenters. The SMILES string of the molecule is Cc1cc(=O)n(Cc2ccc(I)cc2)c2ccc(F)cc12. The lowest BCUT2D eigenvalue weighted by Gasteiger charge is -2.12. The van der Waals surface area contributed by atoms with Crippen molar-refractivity contribution >= 4 is 33.5 Å². The van der Waals surface area contributed by atoms with Crippen molar-refractivity contribution in [1.29, 1.82) is 0 Å². The normalized spacial score (nSPS) is 11.0. The average molecular weight is 393 g/mol. The van der Waals surface area contributed by atoms with Gasteiger partial charge in [0, 0.05) is 15.0 Å². The first kappa shape index (κ1) is 14.3. The summed E-state index contributed by atoms with van der Waals surface area (Å²) in [5.74, 6) is -0.287. The van der Waals surface area contributed by atoms with E-state index in [4.69, 9.17) is 0 Å². The van der Waals surface area contributed by atoms with Crippen LogP contribution in [0, 0.1) is 16.3 Å². The van der Waals surface area contributed by atoms with Gasteiger partial charge >= 0.3 is 0 Å². The fourth-order valence-electron chi connectivity index (χ4n) is 2.45. The molecule has 0 spiro atoms. The van der Waals surface area contributed by atoms with Crippen LogP contribution >= 0.6 is 22.6 Å². The Morgan fingerprint density at radius 2 is 1.81 bits per heavy atom. The van der Waals surface area contributed by atoms with Gasteiger partial charge in [0.2, 0.25) is 0 Å². The molecule has 0 aliphatic carbocycles. The molecule has 0 atom stereocenters. The van der Waals surface area contributed by atoms with Gasteiger partial charge in [-0.2, -0.15) is 0 Å². The van der Waals surface area contributed by atoms with Crippen molar-refractivity contribution in [2.75, 3.05) is 0 Å². The number of benzene rings is 2. The van der Waals surface area contributed by atoms with E-state index >= 15 is 0 Å². The standard InChI is InChI=1S/C17H13FINO/c1-11-8-17(21)20(10-12-2-5-14(19)6-3-12)16-7-4-13(18)9-15(11)16/h2-9H,10H2,1H3. The van der Waals surface area contributed by atoms with Crippen LogP contribution in [0.2, 0.25) is 0 Å². The van der Waals surface area contributed by atoms with E-state index in [0.29, 0.717) is 6.54 Å². The van der Waals surface area contributed by atoms with Gasteiger partial charge < -0.3 is 4.57 Å². The highest BCUT2D eigenvalue weighted by Gasteiger charge is 2.08. The van der Waals surface area contributed by atoms with Crippen LogP contribution in [0.25, 0.3) is 10.9 Å². The summed E-state index contributed by atoms with van der Waals surface area (Å²) in [6.45, 7) is 2.32. The lowest BCUT2D eigenvalue weighted by Crippen LogP contribution is -2.21. The minimum absolute atomic E-state index is 0.0647. The highest BCUT2D eigenvalue weighted by atomic mass is 127. The first-order valence-electron chi connectivity index (χ1n) is 6.59. The second-order valence-electron chi connectivity index (χ2n) is 5.04. The van der Waals surface area contributed by atoms with Crippen LogP contribution in [-0.2, 0) is 6.54 Å². The Bertz CT molecular complexity index is 868. The largest absolute Gasteiger partial charge is 0.304 e. The van der Waals surface area contributed by atoms with Gasteiger partial charge in [0.25, 0.3) is 5.56 Å². The predicted molar refractivity (Wildman–Crippen MR) is 91.2 cm³/mol. The van der Waals surface area contributed by atoms with Gasteiger partial charge in [0.15, 0.2) is 0 Å². The Morgan fingerprint density at radius 3 is 2.52 bits per heavy atom. The quantitative estimate of drug-likeness (QED) is 0.601. The van der Waals surface area contributed by atoms with Crippen molar-refractivity contribution in [3.8, 4) is 0 Å². The third-order valence-corrected chi connectivity index (χ3v) is 4.25. The summed E-state index contributed by atoms with van der Waals surface area (Å²) in [4.78, 5) is 12.3. The van der Waals surface area contributed by atoms with Crippen LogP contribution in [0.4, 0.5) is 4.39 Å². The van der Waals surface area contributed by atoms with Crippen LogP contribution in [0.3, 0.4) is 0 Å². The topological polar surface area (TPSA) is 22.0 Å². The molecule has 0 saturated carbocycles. The second-order valence-corrected chi connectivity index (χ2v) is 6.29. The van der Waals surface area contributed by atoms with E-state index in [1.165, 1.54) is 12.1 Å². The van der Waals surface area contributed by atoms with E-state index in [0.717, 1.165) is 25.6 Å². The number of halogens is 2. The van der Waals surface area contributed by atoms with Crippen molar-refractivity contribution in [3.05, 3.63) is 79.4 Å². The zero-order valence-electron chi connectivity index (χ0n) is 11.4. The Labute approximate surface area is 135 Å². The molecule has 3 rings (SSSR count). The lowest BCUT2D eigenvalue weighted by atomic mass is 10.1. The zero-order chi connectivity index (χ0) is 15.0. The monoisotopic (exact) mass is 393 g/mol. The molecule has 2 nitrogen and oxygen atoms in total. The number of rotatable bonds is 2. The van der Waals surface area contributed by atoms with E-state index in [-0.39, 0.29) is 11.4 Å². The molecule has 1 aromatic heterocycles. The van der Waals surface area contributed by atoms with Gasteiger partial charge in [-0.3, -0.25) is 4.79 Å². The van der Waals surface area contributed by atoms with Crippen LogP contribution in [0.15, 0.2) is 53.3 Å². The Hall–Kier alpha value is -1.69. The maximum absolute atomic E-state index is 13.4. The number of aryl methyl sites for hydroxylation is 1. The summed E-state index contributed by atoms with van der Waals surface area (Å²) in [7, 11) is 0. The summed E-state index contributed by atoms with van der Waals surface area (Å²) in [6, 6.07) is 14.1. The summed E-state index contributed by atoms with van der Waals surface area (Å²) in [6.07, 6.45) is 0. The molecule has 4 heteroatoms. The number of pyridine rings is 1. The molecule has 0 amide bonds. The van der Waals surface area contributed by atoms with Crippen LogP contribution in [0.5, 0.6) is 0 Å². The van der Waals surface area contributed by atoms with Crippen LogP contribution in [0.1, 0.15) is 11.1 Å². The molecule has 0 aliphatic rings. The molecule has 21 heavy (non-hydrogen) atoms. The molecular formula is C17H13FINO. The van der Waals surface area contributed by atoms with Crippen molar-refractivity contribution < 1.29 is 4.39 Å². The molecule has 0 N–H and O–H groups in total. The maximum atomic E-state index is 13.4. The Morgan fingerprint density at radius 1 is 1.10 bits per heavy atom. The third-order valence-electron chi connectivity index (χ3n) is 3.53.